The van der Waals surface area contributed by atoms with E-state index in [4.69, 9.17) is 18.2 Å². The van der Waals surface area contributed by atoms with E-state index in [0.29, 0.717) is 59.3 Å². The summed E-state index contributed by atoms with van der Waals surface area (Å²) in [5.41, 5.74) is 3.81. The molecule has 2 heterocycles. The van der Waals surface area contributed by atoms with E-state index in [-0.39, 0.29) is 33.8 Å². The van der Waals surface area contributed by atoms with Crippen LogP contribution in [0.2, 0.25) is 5.02 Å². The number of hydrogen-bond donors (Lipinski definition) is 2. The predicted octanol–water partition coefficient (Wildman–Crippen LogP) is 3.61. The first-order valence-electron chi connectivity index (χ1n) is 11.1. The fraction of sp³-hybridized carbons (Fsp3) is 0.308. The maximum absolute atomic E-state index is 12.4. The van der Waals surface area contributed by atoms with Gasteiger partial charge in [-0.25, -0.2) is 23.0 Å². The number of nitrogens with one attached hydrogen (secondary N) is 1. The Labute approximate surface area is 221 Å². The van der Waals surface area contributed by atoms with Gasteiger partial charge in [0, 0.05) is 58.2 Å². The number of aromatic hydroxyl groups is 1. The monoisotopic (exact) mass is 536 g/mol. The van der Waals surface area contributed by atoms with Gasteiger partial charge < -0.3 is 25.0 Å². The number of allylic oxidation sites excluding steroid dienone is 3. The van der Waals surface area contributed by atoms with Crippen LogP contribution in [0.1, 0.15) is 11.1 Å². The van der Waals surface area contributed by atoms with Crippen molar-refractivity contribution in [2.75, 3.05) is 51.2 Å². The summed E-state index contributed by atoms with van der Waals surface area (Å²) in [7, 11) is 1.75. The molecule has 2 N–H and O–H groups in total. The van der Waals surface area contributed by atoms with Crippen LogP contribution in [0.5, 0.6) is 5.75 Å². The topological polar surface area (TPSA) is 76.1 Å². The number of carbonyl (C=O) groups excluding carboxylic acids is 2. The van der Waals surface area contributed by atoms with E-state index in [2.05, 4.69) is 5.32 Å². The molecule has 2 aliphatic rings. The van der Waals surface area contributed by atoms with Crippen molar-refractivity contribution in [3.63, 3.8) is 0 Å². The normalized spacial score (nSPS) is 16.4. The van der Waals surface area contributed by atoms with E-state index in [0.717, 1.165) is 18.7 Å². The summed E-state index contributed by atoms with van der Waals surface area (Å²) in [6.07, 6.45) is 3.53. The number of phenolic OH excluding ortho intramolecular Hbond substituents is 1. The maximum atomic E-state index is 12.4. The van der Waals surface area contributed by atoms with Crippen LogP contribution >= 0.6 is 11.6 Å². The number of hydrogen-bond acceptors (Lipinski definition) is 5. The molecule has 0 unspecified atom stereocenters. The van der Waals surface area contributed by atoms with Crippen LogP contribution in [0.3, 0.4) is 0 Å². The van der Waals surface area contributed by atoms with Crippen molar-refractivity contribution in [1.82, 2.24) is 15.1 Å². The maximum Gasteiger partial charge on any atom is 2.00 e. The number of rotatable bonds is 6. The van der Waals surface area contributed by atoms with Crippen LogP contribution < -0.4 is 10.2 Å². The van der Waals surface area contributed by atoms with Gasteiger partial charge in [0.15, 0.2) is 0 Å². The van der Waals surface area contributed by atoms with Crippen molar-refractivity contribution in [2.45, 2.75) is 6.92 Å². The summed E-state index contributed by atoms with van der Waals surface area (Å²) >= 11 is 6.55. The standard InChI is InChI=1S/C26H27ClN4O3.Ni/c1-17-12-21(18(2)14-20(16-32)30-8-6-28-7-9-30)25(33)22(13-17)19-4-5-24(23(27)15-19)31-11-10-29(3)26(31)34;/h2,4-5,12-15,28,33H,6-11H2,1,3H3;/q-2;+2/b20-14+;. The molecule has 35 heavy (non-hydrogen) atoms. The summed E-state index contributed by atoms with van der Waals surface area (Å²) in [5.74, 6) is -0.00860. The summed E-state index contributed by atoms with van der Waals surface area (Å²) in [5, 5.41) is 14.8. The molecule has 2 saturated heterocycles. The minimum absolute atomic E-state index is 0. The number of benzene rings is 2. The Kier molecular flexibility index (Phi) is 8.65. The smallest absolute Gasteiger partial charge is 0.520 e. The number of halogens is 1. The largest absolute Gasteiger partial charge is 2.00 e. The van der Waals surface area contributed by atoms with E-state index >= 15 is 0 Å². The average molecular weight is 538 g/mol. The molecule has 2 amide bonds. The van der Waals surface area contributed by atoms with Gasteiger partial charge in [0.05, 0.1) is 16.5 Å². The number of phenols is 1. The van der Waals surface area contributed by atoms with Crippen molar-refractivity contribution in [1.29, 1.82) is 0 Å². The molecule has 0 saturated carbocycles. The number of anilines is 1. The Morgan fingerprint density at radius 1 is 1.17 bits per heavy atom. The molecule has 9 heteroatoms. The van der Waals surface area contributed by atoms with E-state index in [1.165, 1.54) is 0 Å². The van der Waals surface area contributed by atoms with E-state index in [1.807, 2.05) is 30.2 Å². The Morgan fingerprint density at radius 2 is 1.89 bits per heavy atom. The SMILES string of the molecule is [CH-]=C(/C=C(\[C-]=O)N1CCNCC1)c1cc(C)cc(-c2ccc(N3CCN(C)C3=O)c(Cl)c2)c1O.[Ni+2]. The number of nitrogens with zero attached hydrogens (tertiary/aromatic N) is 3. The number of carbonyl (C=O) groups is 1. The van der Waals surface area contributed by atoms with Crippen molar-refractivity contribution >= 4 is 35.2 Å². The molecule has 2 fully saturated rings. The van der Waals surface area contributed by atoms with Gasteiger partial charge in [-0.2, -0.15) is 0 Å². The molecule has 0 bridgehead atoms. The molecule has 7 nitrogen and oxygen atoms in total. The van der Waals surface area contributed by atoms with Gasteiger partial charge in [-0.05, 0) is 30.7 Å². The van der Waals surface area contributed by atoms with Gasteiger partial charge in [0.1, 0.15) is 0 Å². The van der Waals surface area contributed by atoms with Crippen molar-refractivity contribution in [3.05, 3.63) is 64.8 Å². The zero-order valence-corrected chi connectivity index (χ0v) is 21.3. The van der Waals surface area contributed by atoms with Crippen LogP contribution in [-0.4, -0.2) is 73.5 Å². The third kappa shape index (κ3) is 5.56. The Morgan fingerprint density at radius 3 is 2.49 bits per heavy atom. The first kappa shape index (κ1) is 26.8. The van der Waals surface area contributed by atoms with Crippen molar-refractivity contribution in [3.8, 4) is 16.9 Å². The fourth-order valence-electron chi connectivity index (χ4n) is 4.30. The quantitative estimate of drug-likeness (QED) is 0.255. The number of likely N-dealkylation sites (N-methyl/N-ethyl adjacent to an activating group) is 1. The predicted molar refractivity (Wildman–Crippen MR) is 135 cm³/mol. The average Bonchev–Trinajstić information content (AvgIpc) is 3.17. The van der Waals surface area contributed by atoms with Crippen LogP contribution in [0.25, 0.3) is 16.7 Å². The number of amides is 2. The fourth-order valence-corrected chi connectivity index (χ4v) is 4.58. The molecule has 0 aromatic heterocycles. The van der Waals surface area contributed by atoms with Gasteiger partial charge in [0.2, 0.25) is 0 Å². The number of aryl methyl sites for hydroxylation is 1. The van der Waals surface area contributed by atoms with Gasteiger partial charge in [0.25, 0.3) is 0 Å². The van der Waals surface area contributed by atoms with Crippen molar-refractivity contribution < 1.29 is 31.2 Å². The molecule has 0 atom stereocenters. The minimum Gasteiger partial charge on any atom is -0.520 e. The molecule has 0 radical (unpaired) electrons. The van der Waals surface area contributed by atoms with E-state index in [9.17, 15) is 14.7 Å². The molecule has 2 aliphatic heterocycles. The molecular formula is C26H27ClN4NiO3. The first-order valence-corrected chi connectivity index (χ1v) is 11.5. The van der Waals surface area contributed by atoms with Gasteiger partial charge in [-0.3, -0.25) is 4.90 Å². The molecule has 0 spiro atoms. The summed E-state index contributed by atoms with van der Waals surface area (Å²) in [6, 6.07) is 8.86. The third-order valence-electron chi connectivity index (χ3n) is 6.19. The third-order valence-corrected chi connectivity index (χ3v) is 6.49. The van der Waals surface area contributed by atoms with Crippen LogP contribution in [0.15, 0.2) is 42.1 Å². The molecule has 4 rings (SSSR count). The van der Waals surface area contributed by atoms with Gasteiger partial charge in [-0.15, -0.1) is 6.07 Å². The molecule has 2 aromatic rings. The molecule has 2 aromatic carbocycles. The van der Waals surface area contributed by atoms with E-state index < -0.39 is 0 Å². The number of urea groups is 1. The second-order valence-electron chi connectivity index (χ2n) is 8.55. The zero-order chi connectivity index (χ0) is 24.4. The summed E-state index contributed by atoms with van der Waals surface area (Å²) in [6.45, 7) is 12.4. The van der Waals surface area contributed by atoms with Crippen LogP contribution in [-0.2, 0) is 21.3 Å². The second kappa shape index (κ2) is 11.3. The van der Waals surface area contributed by atoms with E-state index in [1.54, 1.807) is 41.1 Å². The Balaban J connectivity index is 0.00000342. The summed E-state index contributed by atoms with van der Waals surface area (Å²) < 4.78 is 0. The molecule has 186 valence electrons. The van der Waals surface area contributed by atoms with Crippen molar-refractivity contribution in [2.24, 2.45) is 0 Å². The number of piperazine rings is 1. The minimum atomic E-state index is -0.100. The van der Waals surface area contributed by atoms with Crippen LogP contribution in [0, 0.1) is 13.5 Å². The first-order chi connectivity index (χ1) is 16.3. The molecule has 0 aliphatic carbocycles. The Bertz CT molecular complexity index is 1180. The molecular weight excluding hydrogens is 510 g/mol. The van der Waals surface area contributed by atoms with Gasteiger partial charge >= 0.3 is 22.5 Å². The second-order valence-corrected chi connectivity index (χ2v) is 8.96. The van der Waals surface area contributed by atoms with Gasteiger partial charge in [-0.1, -0.05) is 34.5 Å². The van der Waals surface area contributed by atoms with Crippen LogP contribution in [0.4, 0.5) is 10.5 Å². The summed E-state index contributed by atoms with van der Waals surface area (Å²) in [4.78, 5) is 29.1. The zero-order valence-electron chi connectivity index (χ0n) is 19.6. The Hall–Kier alpha value is -2.80.